The van der Waals surface area contributed by atoms with Crippen molar-refractivity contribution >= 4 is 32.7 Å². The minimum absolute atomic E-state index is 0.0416. The summed E-state index contributed by atoms with van der Waals surface area (Å²) in [4.78, 5) is 4.14. The van der Waals surface area contributed by atoms with Crippen molar-refractivity contribution in [3.63, 3.8) is 0 Å². The van der Waals surface area contributed by atoms with Gasteiger partial charge in [-0.3, -0.25) is 0 Å². The molecule has 5 nitrogen and oxygen atoms in total. The van der Waals surface area contributed by atoms with E-state index in [4.69, 9.17) is 11.6 Å². The van der Waals surface area contributed by atoms with E-state index in [1.54, 1.807) is 19.1 Å². The Balaban J connectivity index is 0.00000139. The average molecular weight is 368 g/mol. The fourth-order valence-corrected chi connectivity index (χ4v) is 3.44. The summed E-state index contributed by atoms with van der Waals surface area (Å²) in [5, 5.41) is 5.03. The molecule has 0 saturated heterocycles. The molecule has 130 valence electrons. The van der Waals surface area contributed by atoms with E-state index in [1.165, 1.54) is 18.3 Å². The van der Waals surface area contributed by atoms with E-state index in [9.17, 15) is 8.42 Å². The Morgan fingerprint density at radius 2 is 1.92 bits per heavy atom. The van der Waals surface area contributed by atoms with Gasteiger partial charge in [0.1, 0.15) is 0 Å². The van der Waals surface area contributed by atoms with Crippen LogP contribution in [0.15, 0.2) is 47.5 Å². The second-order valence-corrected chi connectivity index (χ2v) is 7.12. The van der Waals surface area contributed by atoms with Gasteiger partial charge in [0.05, 0.1) is 21.0 Å². The number of pyridine rings is 1. The SMILES string of the molecule is C=C/C(=C\C=C(C)C)S(=O)(=O)n1nc(C)c2c(Cl)ccnc21.CC. The van der Waals surface area contributed by atoms with E-state index in [1.807, 2.05) is 27.7 Å². The predicted molar refractivity (Wildman–Crippen MR) is 101 cm³/mol. The van der Waals surface area contributed by atoms with Crippen LogP contribution in [-0.4, -0.2) is 22.6 Å². The first-order valence-electron chi connectivity index (χ1n) is 7.52. The maximum Gasteiger partial charge on any atom is 0.284 e. The van der Waals surface area contributed by atoms with E-state index in [2.05, 4.69) is 16.7 Å². The Kier molecular flexibility index (Phi) is 6.93. The van der Waals surface area contributed by atoms with Gasteiger partial charge in [-0.2, -0.15) is 13.5 Å². The van der Waals surface area contributed by atoms with Crippen LogP contribution >= 0.6 is 11.6 Å². The standard InChI is InChI=1S/C15H16ClN3O2S.C2H6/c1-5-12(7-6-10(2)3)22(20,21)19-15-14(11(4)18-19)13(16)8-9-17-15;1-2/h5-9H,1H2,2-4H3;1-2H3/b12-7+;. The van der Waals surface area contributed by atoms with Crippen molar-refractivity contribution in [1.82, 2.24) is 14.2 Å². The van der Waals surface area contributed by atoms with E-state index < -0.39 is 10.0 Å². The summed E-state index contributed by atoms with van der Waals surface area (Å²) in [5.41, 5.74) is 1.68. The van der Waals surface area contributed by atoms with Gasteiger partial charge in [-0.25, -0.2) is 4.98 Å². The minimum Gasteiger partial charge on any atom is -0.236 e. The molecule has 7 heteroatoms. The van der Waals surface area contributed by atoms with Gasteiger partial charge in [0.25, 0.3) is 10.0 Å². The molecular weight excluding hydrogens is 346 g/mol. The van der Waals surface area contributed by atoms with Crippen molar-refractivity contribution in [3.8, 4) is 0 Å². The van der Waals surface area contributed by atoms with Crippen molar-refractivity contribution in [2.24, 2.45) is 0 Å². The number of allylic oxidation sites excluding steroid dienone is 4. The van der Waals surface area contributed by atoms with Gasteiger partial charge < -0.3 is 0 Å². The minimum atomic E-state index is -3.89. The van der Waals surface area contributed by atoms with Gasteiger partial charge in [-0.1, -0.05) is 43.7 Å². The van der Waals surface area contributed by atoms with Crippen molar-refractivity contribution in [1.29, 1.82) is 0 Å². The Morgan fingerprint density at radius 1 is 1.29 bits per heavy atom. The molecule has 0 aliphatic carbocycles. The molecule has 0 aromatic carbocycles. The Morgan fingerprint density at radius 3 is 2.46 bits per heavy atom. The number of halogens is 1. The van der Waals surface area contributed by atoms with Crippen LogP contribution in [0.4, 0.5) is 0 Å². The molecule has 0 aliphatic heterocycles. The molecule has 24 heavy (non-hydrogen) atoms. The number of fused-ring (bicyclic) bond motifs is 1. The van der Waals surface area contributed by atoms with Gasteiger partial charge in [-0.15, -0.1) is 4.09 Å². The number of hydrogen-bond donors (Lipinski definition) is 0. The highest BCUT2D eigenvalue weighted by Gasteiger charge is 2.24. The maximum absolute atomic E-state index is 12.8. The number of nitrogens with zero attached hydrogens (tertiary/aromatic N) is 3. The molecule has 0 bridgehead atoms. The molecule has 0 amide bonds. The average Bonchev–Trinajstić information content (AvgIpc) is 2.88. The first-order valence-corrected chi connectivity index (χ1v) is 9.34. The van der Waals surface area contributed by atoms with Crippen LogP contribution < -0.4 is 0 Å². The van der Waals surface area contributed by atoms with Crippen LogP contribution in [0.5, 0.6) is 0 Å². The molecule has 2 heterocycles. The number of hydrogen-bond acceptors (Lipinski definition) is 4. The third-order valence-corrected chi connectivity index (χ3v) is 4.89. The van der Waals surface area contributed by atoms with Gasteiger partial charge in [0.2, 0.25) is 0 Å². The Hall–Kier alpha value is -1.92. The molecule has 0 saturated carbocycles. The van der Waals surface area contributed by atoms with Crippen molar-refractivity contribution in [3.05, 3.63) is 58.3 Å². The topological polar surface area (TPSA) is 64.8 Å². The quantitative estimate of drug-likeness (QED) is 0.739. The summed E-state index contributed by atoms with van der Waals surface area (Å²) in [5.74, 6) is 0. The molecular formula is C17H22ClN3O2S. The largest absolute Gasteiger partial charge is 0.284 e. The smallest absolute Gasteiger partial charge is 0.236 e. The molecule has 0 spiro atoms. The molecule has 0 N–H and O–H groups in total. The summed E-state index contributed by atoms with van der Waals surface area (Å²) in [6.45, 7) is 13.0. The Labute approximate surface area is 148 Å². The summed E-state index contributed by atoms with van der Waals surface area (Å²) < 4.78 is 26.4. The van der Waals surface area contributed by atoms with Crippen LogP contribution in [0.25, 0.3) is 11.0 Å². The zero-order valence-corrected chi connectivity index (χ0v) is 16.1. The van der Waals surface area contributed by atoms with Gasteiger partial charge in [-0.05, 0) is 39.0 Å². The Bertz CT molecular complexity index is 905. The second-order valence-electron chi connectivity index (χ2n) is 4.94. The molecule has 0 unspecified atom stereocenters. The summed E-state index contributed by atoms with van der Waals surface area (Å²) in [7, 11) is -3.89. The van der Waals surface area contributed by atoms with E-state index >= 15 is 0 Å². The van der Waals surface area contributed by atoms with Gasteiger partial charge in [0, 0.05) is 6.20 Å². The highest BCUT2D eigenvalue weighted by atomic mass is 35.5. The number of aryl methyl sites for hydroxylation is 1. The van der Waals surface area contributed by atoms with Crippen molar-refractivity contribution < 1.29 is 8.42 Å². The van der Waals surface area contributed by atoms with Crippen LogP contribution in [0.1, 0.15) is 33.4 Å². The molecule has 0 fully saturated rings. The van der Waals surface area contributed by atoms with Crippen LogP contribution in [0.2, 0.25) is 5.02 Å². The summed E-state index contributed by atoms with van der Waals surface area (Å²) in [6.07, 6.45) is 5.92. The fraction of sp³-hybridized carbons (Fsp3) is 0.294. The number of aromatic nitrogens is 3. The normalized spacial score (nSPS) is 11.7. The molecule has 0 aliphatic rings. The third kappa shape index (κ3) is 3.94. The lowest BCUT2D eigenvalue weighted by molar-refractivity contribution is 0.588. The number of rotatable bonds is 4. The maximum atomic E-state index is 12.8. The zero-order valence-electron chi connectivity index (χ0n) is 14.5. The first-order chi connectivity index (χ1) is 11.3. The highest BCUT2D eigenvalue weighted by Crippen LogP contribution is 2.27. The lowest BCUT2D eigenvalue weighted by Gasteiger charge is -2.05. The van der Waals surface area contributed by atoms with Crippen molar-refractivity contribution in [2.45, 2.75) is 34.6 Å². The lowest BCUT2D eigenvalue weighted by Crippen LogP contribution is -2.16. The van der Waals surface area contributed by atoms with E-state index in [-0.39, 0.29) is 10.6 Å². The summed E-state index contributed by atoms with van der Waals surface area (Å²) in [6, 6.07) is 1.60. The molecule has 2 rings (SSSR count). The van der Waals surface area contributed by atoms with Gasteiger partial charge >= 0.3 is 0 Å². The second kappa shape index (κ2) is 8.26. The molecule has 0 atom stereocenters. The van der Waals surface area contributed by atoms with E-state index in [0.29, 0.717) is 16.1 Å². The van der Waals surface area contributed by atoms with Crippen LogP contribution in [0.3, 0.4) is 0 Å². The highest BCUT2D eigenvalue weighted by molar-refractivity contribution is 7.94. The van der Waals surface area contributed by atoms with Crippen LogP contribution in [-0.2, 0) is 10.0 Å². The molecule has 0 radical (unpaired) electrons. The fourth-order valence-electron chi connectivity index (χ4n) is 1.92. The van der Waals surface area contributed by atoms with E-state index in [0.717, 1.165) is 9.66 Å². The van der Waals surface area contributed by atoms with Gasteiger partial charge in [0.15, 0.2) is 5.65 Å². The third-order valence-electron chi connectivity index (χ3n) is 2.97. The summed E-state index contributed by atoms with van der Waals surface area (Å²) >= 11 is 6.11. The first kappa shape index (κ1) is 20.1. The lowest BCUT2D eigenvalue weighted by atomic mass is 10.3. The van der Waals surface area contributed by atoms with Crippen LogP contribution in [0, 0.1) is 6.92 Å². The monoisotopic (exact) mass is 367 g/mol. The molecule has 2 aromatic heterocycles. The predicted octanol–water partition coefficient (Wildman–Crippen LogP) is 4.63. The zero-order chi connectivity index (χ0) is 18.5. The van der Waals surface area contributed by atoms with Crippen molar-refractivity contribution in [2.75, 3.05) is 0 Å². The molecule has 2 aromatic rings.